The van der Waals surface area contributed by atoms with Crippen LogP contribution < -0.4 is 5.32 Å². The van der Waals surface area contributed by atoms with Crippen LogP contribution in [0.25, 0.3) is 0 Å². The highest BCUT2D eigenvalue weighted by molar-refractivity contribution is 9.10. The van der Waals surface area contributed by atoms with Crippen molar-refractivity contribution in [3.63, 3.8) is 0 Å². The second-order valence-electron chi connectivity index (χ2n) is 6.70. The lowest BCUT2D eigenvalue weighted by Gasteiger charge is -2.46. The number of ether oxygens (including phenoxy) is 1. The molecule has 3 aliphatic rings. The molecule has 3 heterocycles. The number of hydrogen-bond acceptors (Lipinski definition) is 3. The van der Waals surface area contributed by atoms with Crippen molar-refractivity contribution in [3.05, 3.63) is 34.3 Å². The largest absolute Gasteiger partial charge is 0.366 e. The molecule has 1 N–H and O–H groups in total. The standard InChI is InChI=1S/C17H20BrN3O3/c18-13-3-1-2-11(6-13)12-7-21(8-12)17(23)20-5-4-15-14(9-20)19-16(22)10-24-15/h1-3,6,12,14-15H,4-5,7-10H2,(H,19,22)/t14-,15+/m1/s1. The molecule has 3 fully saturated rings. The van der Waals surface area contributed by atoms with Crippen molar-refractivity contribution in [2.24, 2.45) is 0 Å². The Kier molecular flexibility index (Phi) is 4.22. The number of piperidine rings is 1. The Hall–Kier alpha value is -1.60. The van der Waals surface area contributed by atoms with Crippen LogP contribution in [0.5, 0.6) is 0 Å². The third-order valence-electron chi connectivity index (χ3n) is 5.07. The second kappa shape index (κ2) is 6.37. The summed E-state index contributed by atoms with van der Waals surface area (Å²) in [5, 5.41) is 2.94. The van der Waals surface area contributed by atoms with E-state index in [0.29, 0.717) is 19.0 Å². The fourth-order valence-corrected chi connectivity index (χ4v) is 4.10. The van der Waals surface area contributed by atoms with Gasteiger partial charge in [-0.1, -0.05) is 28.1 Å². The van der Waals surface area contributed by atoms with Gasteiger partial charge in [-0.25, -0.2) is 4.79 Å². The minimum Gasteiger partial charge on any atom is -0.366 e. The normalized spacial score (nSPS) is 27.3. The number of urea groups is 1. The number of carbonyl (C=O) groups excluding carboxylic acids is 2. The zero-order chi connectivity index (χ0) is 16.7. The number of likely N-dealkylation sites (tertiary alicyclic amines) is 2. The van der Waals surface area contributed by atoms with Crippen molar-refractivity contribution in [1.82, 2.24) is 15.1 Å². The maximum absolute atomic E-state index is 12.7. The summed E-state index contributed by atoms with van der Waals surface area (Å²) in [5.41, 5.74) is 1.26. The van der Waals surface area contributed by atoms with Crippen LogP contribution in [0.15, 0.2) is 28.7 Å². The first-order valence-electron chi connectivity index (χ1n) is 8.30. The maximum Gasteiger partial charge on any atom is 0.320 e. The highest BCUT2D eigenvalue weighted by Gasteiger charge is 2.40. The number of nitrogens with one attached hydrogen (secondary N) is 1. The zero-order valence-electron chi connectivity index (χ0n) is 13.3. The van der Waals surface area contributed by atoms with Gasteiger partial charge in [-0.05, 0) is 24.1 Å². The molecule has 3 saturated heterocycles. The van der Waals surface area contributed by atoms with Gasteiger partial charge < -0.3 is 19.9 Å². The Labute approximate surface area is 149 Å². The molecule has 1 aromatic carbocycles. The maximum atomic E-state index is 12.7. The van der Waals surface area contributed by atoms with Crippen molar-refractivity contribution >= 4 is 27.9 Å². The Morgan fingerprint density at radius 2 is 2.08 bits per heavy atom. The Morgan fingerprint density at radius 1 is 1.25 bits per heavy atom. The molecule has 3 aliphatic heterocycles. The van der Waals surface area contributed by atoms with Crippen LogP contribution in [0.1, 0.15) is 17.9 Å². The van der Waals surface area contributed by atoms with Gasteiger partial charge in [0.1, 0.15) is 6.61 Å². The molecule has 1 aromatic rings. The van der Waals surface area contributed by atoms with Gasteiger partial charge in [0.15, 0.2) is 0 Å². The molecular weight excluding hydrogens is 374 g/mol. The molecule has 0 radical (unpaired) electrons. The zero-order valence-corrected chi connectivity index (χ0v) is 14.9. The van der Waals surface area contributed by atoms with E-state index < -0.39 is 0 Å². The molecule has 0 saturated carbocycles. The highest BCUT2D eigenvalue weighted by atomic mass is 79.9. The lowest BCUT2D eigenvalue weighted by Crippen LogP contribution is -2.63. The van der Waals surface area contributed by atoms with Gasteiger partial charge in [0.05, 0.1) is 12.1 Å². The summed E-state index contributed by atoms with van der Waals surface area (Å²) < 4.78 is 6.61. The summed E-state index contributed by atoms with van der Waals surface area (Å²) in [6.45, 7) is 2.86. The smallest absolute Gasteiger partial charge is 0.320 e. The SMILES string of the molecule is O=C1CO[C@H]2CCN(C(=O)N3CC(c4cccc(Br)c4)C3)C[C@H]2N1. The van der Waals surface area contributed by atoms with E-state index in [0.717, 1.165) is 24.0 Å². The molecule has 0 aliphatic carbocycles. The first-order valence-corrected chi connectivity index (χ1v) is 9.10. The van der Waals surface area contributed by atoms with E-state index in [9.17, 15) is 9.59 Å². The predicted octanol–water partition coefficient (Wildman–Crippen LogP) is 1.56. The summed E-state index contributed by atoms with van der Waals surface area (Å²) in [6.07, 6.45) is 0.817. The summed E-state index contributed by atoms with van der Waals surface area (Å²) >= 11 is 3.49. The number of hydrogen-bond donors (Lipinski definition) is 1. The van der Waals surface area contributed by atoms with Gasteiger partial charge in [-0.15, -0.1) is 0 Å². The number of carbonyl (C=O) groups is 2. The van der Waals surface area contributed by atoms with Crippen LogP contribution >= 0.6 is 15.9 Å². The van der Waals surface area contributed by atoms with E-state index in [1.54, 1.807) is 0 Å². The van der Waals surface area contributed by atoms with E-state index in [-0.39, 0.29) is 30.7 Å². The molecule has 0 bridgehead atoms. The Bertz CT molecular complexity index is 662. The number of rotatable bonds is 1. The summed E-state index contributed by atoms with van der Waals surface area (Å²) in [5.74, 6) is 0.311. The monoisotopic (exact) mass is 393 g/mol. The third-order valence-corrected chi connectivity index (χ3v) is 5.56. The highest BCUT2D eigenvalue weighted by Crippen LogP contribution is 2.30. The number of fused-ring (bicyclic) bond motifs is 1. The van der Waals surface area contributed by atoms with Crippen LogP contribution in [0.4, 0.5) is 4.79 Å². The molecule has 6 nitrogen and oxygen atoms in total. The Morgan fingerprint density at radius 3 is 2.88 bits per heavy atom. The lowest BCUT2D eigenvalue weighted by molar-refractivity contribution is -0.139. The first kappa shape index (κ1) is 15.9. The van der Waals surface area contributed by atoms with Gasteiger partial charge in [-0.3, -0.25) is 4.79 Å². The van der Waals surface area contributed by atoms with Crippen LogP contribution in [-0.2, 0) is 9.53 Å². The number of benzene rings is 1. The fourth-order valence-electron chi connectivity index (χ4n) is 3.68. The minimum atomic E-state index is -0.0933. The topological polar surface area (TPSA) is 61.9 Å². The van der Waals surface area contributed by atoms with Crippen molar-refractivity contribution < 1.29 is 14.3 Å². The van der Waals surface area contributed by atoms with Crippen LogP contribution in [-0.4, -0.2) is 66.7 Å². The quantitative estimate of drug-likeness (QED) is 0.787. The van der Waals surface area contributed by atoms with Gasteiger partial charge in [0.2, 0.25) is 5.91 Å². The number of nitrogens with zero attached hydrogens (tertiary/aromatic N) is 2. The van der Waals surface area contributed by atoms with E-state index in [1.807, 2.05) is 21.9 Å². The average Bonchev–Trinajstić information content (AvgIpc) is 2.52. The second-order valence-corrected chi connectivity index (χ2v) is 7.61. The van der Waals surface area contributed by atoms with Crippen molar-refractivity contribution in [2.45, 2.75) is 24.5 Å². The predicted molar refractivity (Wildman–Crippen MR) is 91.7 cm³/mol. The molecule has 0 aromatic heterocycles. The van der Waals surface area contributed by atoms with Crippen molar-refractivity contribution in [1.29, 1.82) is 0 Å². The van der Waals surface area contributed by atoms with E-state index in [1.165, 1.54) is 5.56 Å². The van der Waals surface area contributed by atoms with Crippen LogP contribution in [0.3, 0.4) is 0 Å². The van der Waals surface area contributed by atoms with Gasteiger partial charge in [0, 0.05) is 36.6 Å². The van der Waals surface area contributed by atoms with Crippen LogP contribution in [0.2, 0.25) is 0 Å². The summed E-state index contributed by atoms with van der Waals surface area (Å²) in [6, 6.07) is 8.26. The fraction of sp³-hybridized carbons (Fsp3) is 0.529. The average molecular weight is 394 g/mol. The molecule has 128 valence electrons. The lowest BCUT2D eigenvalue weighted by atomic mass is 9.91. The van der Waals surface area contributed by atoms with Gasteiger partial charge in [0.25, 0.3) is 0 Å². The minimum absolute atomic E-state index is 0.0394. The van der Waals surface area contributed by atoms with E-state index >= 15 is 0 Å². The van der Waals surface area contributed by atoms with Crippen molar-refractivity contribution in [2.75, 3.05) is 32.8 Å². The van der Waals surface area contributed by atoms with E-state index in [4.69, 9.17) is 4.74 Å². The number of morpholine rings is 1. The molecule has 24 heavy (non-hydrogen) atoms. The molecular formula is C17H20BrN3O3. The van der Waals surface area contributed by atoms with Crippen molar-refractivity contribution in [3.8, 4) is 0 Å². The summed E-state index contributed by atoms with van der Waals surface area (Å²) in [4.78, 5) is 27.9. The van der Waals surface area contributed by atoms with Gasteiger partial charge >= 0.3 is 6.03 Å². The number of amides is 3. The Balaban J connectivity index is 1.33. The molecule has 4 rings (SSSR count). The molecule has 3 amide bonds. The first-order chi connectivity index (χ1) is 11.6. The van der Waals surface area contributed by atoms with E-state index in [2.05, 4.69) is 33.4 Å². The molecule has 0 unspecified atom stereocenters. The molecule has 2 atom stereocenters. The molecule has 7 heteroatoms. The number of halogens is 1. The van der Waals surface area contributed by atoms with Gasteiger partial charge in [-0.2, -0.15) is 0 Å². The molecule has 0 spiro atoms. The van der Waals surface area contributed by atoms with Crippen LogP contribution in [0, 0.1) is 0 Å². The third kappa shape index (κ3) is 3.02. The summed E-state index contributed by atoms with van der Waals surface area (Å²) in [7, 11) is 0.